The molecule has 1 aromatic carbocycles. The van der Waals surface area contributed by atoms with E-state index in [0.29, 0.717) is 13.2 Å². The molecule has 0 bridgehead atoms. The number of hydrogen-bond donors (Lipinski definition) is 1. The van der Waals surface area contributed by atoms with Crippen molar-refractivity contribution >= 4 is 5.97 Å². The van der Waals surface area contributed by atoms with E-state index in [1.165, 1.54) is 11.1 Å². The fraction of sp³-hybridized carbons (Fsp3) is 0.500. The van der Waals surface area contributed by atoms with Crippen LogP contribution in [0.3, 0.4) is 0 Å². The van der Waals surface area contributed by atoms with E-state index >= 15 is 0 Å². The van der Waals surface area contributed by atoms with Crippen molar-refractivity contribution in [2.45, 2.75) is 25.9 Å². The van der Waals surface area contributed by atoms with Crippen molar-refractivity contribution in [1.29, 1.82) is 0 Å². The number of morpholine rings is 1. The number of hydrogen-bond acceptors (Lipinski definition) is 3. The number of ether oxygens (including phenoxy) is 1. The maximum absolute atomic E-state index is 10.9. The number of carboxylic acids is 1. The molecule has 0 radical (unpaired) electrons. The summed E-state index contributed by atoms with van der Waals surface area (Å²) in [5.74, 6) is -0.764. The van der Waals surface area contributed by atoms with Gasteiger partial charge in [-0.2, -0.15) is 0 Å². The van der Waals surface area contributed by atoms with Crippen molar-refractivity contribution in [3.63, 3.8) is 0 Å². The second-order valence-electron chi connectivity index (χ2n) is 4.72. The summed E-state index contributed by atoms with van der Waals surface area (Å²) in [4.78, 5) is 13.1. The molecule has 4 nitrogen and oxygen atoms in total. The highest BCUT2D eigenvalue weighted by atomic mass is 16.5. The highest BCUT2D eigenvalue weighted by Gasteiger charge is 2.25. The third kappa shape index (κ3) is 3.31. The molecule has 1 aliphatic rings. The van der Waals surface area contributed by atoms with Crippen molar-refractivity contribution in [3.05, 3.63) is 35.4 Å². The van der Waals surface area contributed by atoms with Crippen molar-refractivity contribution in [2.75, 3.05) is 19.8 Å². The average Bonchev–Trinajstić information content (AvgIpc) is 2.34. The number of carboxylic acid groups (broad SMARTS) is 1. The number of carbonyl (C=O) groups is 1. The van der Waals surface area contributed by atoms with Gasteiger partial charge in [0.25, 0.3) is 0 Å². The molecule has 0 amide bonds. The Labute approximate surface area is 107 Å². The van der Waals surface area contributed by atoms with Crippen LogP contribution in [-0.2, 0) is 16.1 Å². The lowest BCUT2D eigenvalue weighted by atomic mass is 10.1. The van der Waals surface area contributed by atoms with Crippen LogP contribution in [0.4, 0.5) is 0 Å². The first kappa shape index (κ1) is 13.1. The zero-order valence-corrected chi connectivity index (χ0v) is 10.6. The van der Waals surface area contributed by atoms with E-state index in [-0.39, 0.29) is 12.5 Å². The molecule has 1 heterocycles. The predicted molar refractivity (Wildman–Crippen MR) is 68.4 cm³/mol. The highest BCUT2D eigenvalue weighted by Crippen LogP contribution is 2.17. The Morgan fingerprint density at radius 2 is 2.28 bits per heavy atom. The normalized spacial score (nSPS) is 20.8. The molecule has 4 heteroatoms. The minimum Gasteiger partial charge on any atom is -0.481 e. The third-order valence-corrected chi connectivity index (χ3v) is 3.39. The van der Waals surface area contributed by atoms with E-state index in [9.17, 15) is 4.79 Å². The molecule has 98 valence electrons. The largest absolute Gasteiger partial charge is 0.481 e. The van der Waals surface area contributed by atoms with E-state index in [2.05, 4.69) is 24.0 Å². The summed E-state index contributed by atoms with van der Waals surface area (Å²) in [6.07, 6.45) is 0.145. The molecule has 1 aromatic rings. The second-order valence-corrected chi connectivity index (χ2v) is 4.72. The summed E-state index contributed by atoms with van der Waals surface area (Å²) in [5.41, 5.74) is 2.51. The summed E-state index contributed by atoms with van der Waals surface area (Å²) >= 11 is 0. The fourth-order valence-electron chi connectivity index (χ4n) is 2.29. The van der Waals surface area contributed by atoms with Gasteiger partial charge in [-0.25, -0.2) is 0 Å². The van der Waals surface area contributed by atoms with Crippen LogP contribution in [0.2, 0.25) is 0 Å². The fourth-order valence-corrected chi connectivity index (χ4v) is 2.29. The van der Waals surface area contributed by atoms with Crippen LogP contribution in [0.25, 0.3) is 0 Å². The van der Waals surface area contributed by atoms with Crippen molar-refractivity contribution < 1.29 is 14.6 Å². The van der Waals surface area contributed by atoms with Crippen LogP contribution < -0.4 is 0 Å². The second kappa shape index (κ2) is 5.98. The molecule has 1 fully saturated rings. The molecule has 0 saturated carbocycles. The molecule has 0 aromatic heterocycles. The summed E-state index contributed by atoms with van der Waals surface area (Å²) in [7, 11) is 0. The maximum Gasteiger partial charge on any atom is 0.305 e. The average molecular weight is 249 g/mol. The van der Waals surface area contributed by atoms with Gasteiger partial charge in [0, 0.05) is 19.1 Å². The zero-order valence-electron chi connectivity index (χ0n) is 10.6. The van der Waals surface area contributed by atoms with E-state index in [4.69, 9.17) is 9.84 Å². The molecule has 0 aliphatic carbocycles. The van der Waals surface area contributed by atoms with Crippen LogP contribution in [0, 0.1) is 6.92 Å². The highest BCUT2D eigenvalue weighted by molar-refractivity contribution is 5.67. The van der Waals surface area contributed by atoms with E-state index in [1.807, 2.05) is 12.1 Å². The van der Waals surface area contributed by atoms with Gasteiger partial charge in [-0.05, 0) is 18.1 Å². The summed E-state index contributed by atoms with van der Waals surface area (Å²) in [5, 5.41) is 8.92. The van der Waals surface area contributed by atoms with Crippen LogP contribution in [-0.4, -0.2) is 41.8 Å². The molecular weight excluding hydrogens is 230 g/mol. The molecular formula is C14H19NO3. The summed E-state index contributed by atoms with van der Waals surface area (Å²) in [6.45, 7) is 4.88. The number of benzene rings is 1. The third-order valence-electron chi connectivity index (χ3n) is 3.39. The quantitative estimate of drug-likeness (QED) is 0.882. The zero-order chi connectivity index (χ0) is 13.0. The first-order chi connectivity index (χ1) is 8.66. The smallest absolute Gasteiger partial charge is 0.305 e. The Balaban J connectivity index is 2.05. The lowest BCUT2D eigenvalue weighted by molar-refractivity contribution is -0.140. The first-order valence-electron chi connectivity index (χ1n) is 6.25. The van der Waals surface area contributed by atoms with Gasteiger partial charge in [-0.3, -0.25) is 9.69 Å². The molecule has 1 saturated heterocycles. The van der Waals surface area contributed by atoms with Crippen molar-refractivity contribution in [2.24, 2.45) is 0 Å². The number of aliphatic carboxylic acids is 1. The van der Waals surface area contributed by atoms with Gasteiger partial charge in [0.05, 0.1) is 19.6 Å². The monoisotopic (exact) mass is 249 g/mol. The van der Waals surface area contributed by atoms with Crippen LogP contribution in [0.5, 0.6) is 0 Å². The summed E-state index contributed by atoms with van der Waals surface area (Å²) in [6, 6.07) is 8.21. The van der Waals surface area contributed by atoms with Crippen LogP contribution in [0.15, 0.2) is 24.3 Å². The van der Waals surface area contributed by atoms with Crippen molar-refractivity contribution in [3.8, 4) is 0 Å². The Morgan fingerprint density at radius 1 is 1.50 bits per heavy atom. The lowest BCUT2D eigenvalue weighted by Gasteiger charge is -2.35. The minimum absolute atomic E-state index is 0.0177. The van der Waals surface area contributed by atoms with Gasteiger partial charge in [0.1, 0.15) is 0 Å². The standard InChI is InChI=1S/C14H19NO3/c1-11-4-2-3-5-12(11)9-15-6-7-18-10-13(15)8-14(16)17/h2-5,13H,6-10H2,1H3,(H,16,17). The van der Waals surface area contributed by atoms with Gasteiger partial charge < -0.3 is 9.84 Å². The Hall–Kier alpha value is -1.39. The molecule has 1 atom stereocenters. The van der Waals surface area contributed by atoms with Crippen LogP contribution >= 0.6 is 0 Å². The first-order valence-corrected chi connectivity index (χ1v) is 6.25. The molecule has 2 rings (SSSR count). The Morgan fingerprint density at radius 3 is 3.00 bits per heavy atom. The van der Waals surface area contributed by atoms with E-state index < -0.39 is 5.97 Å². The number of rotatable bonds is 4. The van der Waals surface area contributed by atoms with Gasteiger partial charge >= 0.3 is 5.97 Å². The molecule has 1 unspecified atom stereocenters. The van der Waals surface area contributed by atoms with Gasteiger partial charge in [0.2, 0.25) is 0 Å². The van der Waals surface area contributed by atoms with Crippen molar-refractivity contribution in [1.82, 2.24) is 4.90 Å². The molecule has 18 heavy (non-hydrogen) atoms. The Kier molecular flexibility index (Phi) is 4.33. The summed E-state index contributed by atoms with van der Waals surface area (Å²) < 4.78 is 5.38. The molecule has 1 N–H and O–H groups in total. The maximum atomic E-state index is 10.9. The SMILES string of the molecule is Cc1ccccc1CN1CCOCC1CC(=O)O. The Bertz CT molecular complexity index is 419. The number of aryl methyl sites for hydroxylation is 1. The lowest BCUT2D eigenvalue weighted by Crippen LogP contribution is -2.45. The van der Waals surface area contributed by atoms with Crippen LogP contribution in [0.1, 0.15) is 17.5 Å². The van der Waals surface area contributed by atoms with Gasteiger partial charge in [0.15, 0.2) is 0 Å². The van der Waals surface area contributed by atoms with E-state index in [0.717, 1.165) is 13.1 Å². The predicted octanol–water partition coefficient (Wildman–Crippen LogP) is 1.67. The molecule has 1 aliphatic heterocycles. The minimum atomic E-state index is -0.764. The molecule has 0 spiro atoms. The topological polar surface area (TPSA) is 49.8 Å². The van der Waals surface area contributed by atoms with E-state index in [1.54, 1.807) is 0 Å². The van der Waals surface area contributed by atoms with Gasteiger partial charge in [-0.15, -0.1) is 0 Å². The van der Waals surface area contributed by atoms with Gasteiger partial charge in [-0.1, -0.05) is 24.3 Å². The number of nitrogens with zero attached hydrogens (tertiary/aromatic N) is 1.